The topological polar surface area (TPSA) is 55.5 Å². The van der Waals surface area contributed by atoms with Crippen molar-refractivity contribution in [2.24, 2.45) is 0 Å². The molecule has 0 saturated carbocycles. The molecule has 2 heterocycles. The van der Waals surface area contributed by atoms with Gasteiger partial charge in [0.05, 0.1) is 24.7 Å². The van der Waals surface area contributed by atoms with Crippen LogP contribution < -0.4 is 0 Å². The summed E-state index contributed by atoms with van der Waals surface area (Å²) in [6.07, 6.45) is 1.94. The zero-order valence-electron chi connectivity index (χ0n) is 10.4. The smallest absolute Gasteiger partial charge is 0.198 e. The lowest BCUT2D eigenvalue weighted by Gasteiger charge is -2.16. The number of fused-ring (bicyclic) bond motifs is 1. The summed E-state index contributed by atoms with van der Waals surface area (Å²) >= 11 is 0. The molecule has 1 aliphatic rings. The Labute approximate surface area is 106 Å². The van der Waals surface area contributed by atoms with Crippen LogP contribution >= 0.6 is 0 Å². The van der Waals surface area contributed by atoms with E-state index in [1.807, 2.05) is 31.2 Å². The third-order valence-electron chi connectivity index (χ3n) is 3.42. The molecule has 3 unspecified atom stereocenters. The first kappa shape index (κ1) is 11.7. The summed E-state index contributed by atoms with van der Waals surface area (Å²) in [6, 6.07) is 7.62. The van der Waals surface area contributed by atoms with Gasteiger partial charge in [0.1, 0.15) is 5.52 Å². The molecule has 1 fully saturated rings. The molecule has 0 aliphatic carbocycles. The van der Waals surface area contributed by atoms with Crippen LogP contribution in [-0.4, -0.2) is 28.4 Å². The van der Waals surface area contributed by atoms with E-state index in [0.717, 1.165) is 23.9 Å². The fourth-order valence-electron chi connectivity index (χ4n) is 2.43. The van der Waals surface area contributed by atoms with E-state index in [1.54, 1.807) is 0 Å². The van der Waals surface area contributed by atoms with Crippen LogP contribution in [0.5, 0.6) is 0 Å². The summed E-state index contributed by atoms with van der Waals surface area (Å²) in [5.41, 5.74) is 1.60. The van der Waals surface area contributed by atoms with Gasteiger partial charge >= 0.3 is 0 Å². The molecule has 4 nitrogen and oxygen atoms in total. The summed E-state index contributed by atoms with van der Waals surface area (Å²) < 4.78 is 11.2. The maximum atomic E-state index is 10.1. The van der Waals surface area contributed by atoms with Crippen LogP contribution in [0.3, 0.4) is 0 Å². The Kier molecular flexibility index (Phi) is 3.06. The lowest BCUT2D eigenvalue weighted by atomic mass is 10.1. The second kappa shape index (κ2) is 4.71. The lowest BCUT2D eigenvalue weighted by Crippen LogP contribution is -2.28. The summed E-state index contributed by atoms with van der Waals surface area (Å²) in [5, 5.41) is 10.1. The van der Waals surface area contributed by atoms with Crippen LogP contribution in [0.25, 0.3) is 11.1 Å². The van der Waals surface area contributed by atoms with E-state index < -0.39 is 6.10 Å². The summed E-state index contributed by atoms with van der Waals surface area (Å²) in [6.45, 7) is 2.03. The fraction of sp³-hybridized carbons (Fsp3) is 0.500. The predicted molar refractivity (Wildman–Crippen MR) is 67.3 cm³/mol. The second-order valence-corrected chi connectivity index (χ2v) is 4.91. The summed E-state index contributed by atoms with van der Waals surface area (Å²) in [7, 11) is 0. The molecule has 0 radical (unpaired) electrons. The first-order valence-electron chi connectivity index (χ1n) is 6.40. The van der Waals surface area contributed by atoms with Crippen molar-refractivity contribution in [1.82, 2.24) is 4.98 Å². The van der Waals surface area contributed by atoms with Gasteiger partial charge in [0.25, 0.3) is 0 Å². The molecular weight excluding hydrogens is 230 g/mol. The van der Waals surface area contributed by atoms with Gasteiger partial charge in [-0.3, -0.25) is 0 Å². The minimum Gasteiger partial charge on any atom is -0.441 e. The summed E-state index contributed by atoms with van der Waals surface area (Å²) in [5.74, 6) is 0.576. The highest BCUT2D eigenvalue weighted by Crippen LogP contribution is 2.24. The van der Waals surface area contributed by atoms with Crippen LogP contribution in [0.15, 0.2) is 28.7 Å². The highest BCUT2D eigenvalue weighted by Gasteiger charge is 2.29. The van der Waals surface area contributed by atoms with Crippen molar-refractivity contribution in [2.75, 3.05) is 0 Å². The van der Waals surface area contributed by atoms with Crippen molar-refractivity contribution in [3.05, 3.63) is 30.2 Å². The van der Waals surface area contributed by atoms with E-state index in [9.17, 15) is 5.11 Å². The number of ether oxygens (including phenoxy) is 1. The molecule has 18 heavy (non-hydrogen) atoms. The minimum absolute atomic E-state index is 0.0880. The van der Waals surface area contributed by atoms with E-state index in [1.165, 1.54) is 0 Å². The largest absolute Gasteiger partial charge is 0.441 e. The molecule has 1 aromatic carbocycles. The van der Waals surface area contributed by atoms with Crippen molar-refractivity contribution < 1.29 is 14.3 Å². The Morgan fingerprint density at radius 2 is 2.22 bits per heavy atom. The molecular formula is C14H17NO3. The van der Waals surface area contributed by atoms with E-state index in [2.05, 4.69) is 4.98 Å². The van der Waals surface area contributed by atoms with Gasteiger partial charge in [-0.25, -0.2) is 4.98 Å². The highest BCUT2D eigenvalue weighted by atomic mass is 16.5. The second-order valence-electron chi connectivity index (χ2n) is 4.91. The first-order valence-corrected chi connectivity index (χ1v) is 6.40. The normalized spacial score (nSPS) is 25.7. The zero-order chi connectivity index (χ0) is 12.5. The average molecular weight is 247 g/mol. The number of para-hydroxylation sites is 2. The molecule has 0 amide bonds. The Morgan fingerprint density at radius 3 is 2.94 bits per heavy atom. The monoisotopic (exact) mass is 247 g/mol. The molecule has 4 heteroatoms. The van der Waals surface area contributed by atoms with Crippen LogP contribution in [0.2, 0.25) is 0 Å². The fourth-order valence-corrected chi connectivity index (χ4v) is 2.43. The van der Waals surface area contributed by atoms with Gasteiger partial charge in [-0.2, -0.15) is 0 Å². The number of aromatic nitrogens is 1. The third-order valence-corrected chi connectivity index (χ3v) is 3.42. The van der Waals surface area contributed by atoms with Crippen molar-refractivity contribution in [3.63, 3.8) is 0 Å². The van der Waals surface area contributed by atoms with E-state index in [0.29, 0.717) is 12.3 Å². The molecule has 3 rings (SSSR count). The van der Waals surface area contributed by atoms with Crippen LogP contribution in [0.1, 0.15) is 25.7 Å². The molecule has 0 bridgehead atoms. The molecule has 2 aromatic rings. The van der Waals surface area contributed by atoms with E-state index >= 15 is 0 Å². The van der Waals surface area contributed by atoms with Crippen LogP contribution in [-0.2, 0) is 11.2 Å². The number of hydrogen-bond acceptors (Lipinski definition) is 4. The standard InChI is InChI=1S/C14H17NO3/c1-9-6-7-13(17-9)11(16)8-14-15-10-4-2-3-5-12(10)18-14/h2-5,9,11,13,16H,6-8H2,1H3. The van der Waals surface area contributed by atoms with Crippen LogP contribution in [0, 0.1) is 0 Å². The van der Waals surface area contributed by atoms with Gasteiger partial charge in [0.15, 0.2) is 11.5 Å². The Bertz CT molecular complexity index is 504. The molecule has 0 spiro atoms. The zero-order valence-corrected chi connectivity index (χ0v) is 10.4. The molecule has 3 atom stereocenters. The molecule has 96 valence electrons. The number of hydrogen-bond donors (Lipinski definition) is 1. The number of aliphatic hydroxyl groups excluding tert-OH is 1. The van der Waals surface area contributed by atoms with E-state index in [4.69, 9.17) is 9.15 Å². The number of rotatable bonds is 3. The van der Waals surface area contributed by atoms with Gasteiger partial charge < -0.3 is 14.3 Å². The number of oxazole rings is 1. The molecule has 1 aliphatic heterocycles. The lowest BCUT2D eigenvalue weighted by molar-refractivity contribution is -0.0298. The highest BCUT2D eigenvalue weighted by molar-refractivity contribution is 5.72. The molecule has 1 N–H and O–H groups in total. The van der Waals surface area contributed by atoms with Crippen molar-refractivity contribution in [2.45, 2.75) is 44.5 Å². The maximum Gasteiger partial charge on any atom is 0.198 e. The van der Waals surface area contributed by atoms with Gasteiger partial charge in [-0.05, 0) is 31.9 Å². The van der Waals surface area contributed by atoms with Gasteiger partial charge in [0, 0.05) is 0 Å². The number of aliphatic hydroxyl groups is 1. The Morgan fingerprint density at radius 1 is 1.39 bits per heavy atom. The van der Waals surface area contributed by atoms with Gasteiger partial charge in [-0.1, -0.05) is 12.1 Å². The van der Waals surface area contributed by atoms with Gasteiger partial charge in [0.2, 0.25) is 0 Å². The first-order chi connectivity index (χ1) is 8.72. The Hall–Kier alpha value is -1.39. The average Bonchev–Trinajstić information content (AvgIpc) is 2.94. The number of benzene rings is 1. The van der Waals surface area contributed by atoms with Crippen LogP contribution in [0.4, 0.5) is 0 Å². The third kappa shape index (κ3) is 2.26. The molecule has 1 saturated heterocycles. The van der Waals surface area contributed by atoms with Crippen molar-refractivity contribution >= 4 is 11.1 Å². The van der Waals surface area contributed by atoms with E-state index in [-0.39, 0.29) is 12.2 Å². The predicted octanol–water partition coefficient (Wildman–Crippen LogP) is 2.30. The summed E-state index contributed by atoms with van der Waals surface area (Å²) in [4.78, 5) is 4.36. The Balaban J connectivity index is 1.71. The minimum atomic E-state index is -0.539. The van der Waals surface area contributed by atoms with Crippen molar-refractivity contribution in [1.29, 1.82) is 0 Å². The number of nitrogens with zero attached hydrogens (tertiary/aromatic N) is 1. The van der Waals surface area contributed by atoms with Gasteiger partial charge in [-0.15, -0.1) is 0 Å². The molecule has 1 aromatic heterocycles. The quantitative estimate of drug-likeness (QED) is 0.904. The SMILES string of the molecule is CC1CCC(C(O)Cc2nc3ccccc3o2)O1. The maximum absolute atomic E-state index is 10.1. The van der Waals surface area contributed by atoms with Crippen molar-refractivity contribution in [3.8, 4) is 0 Å².